The van der Waals surface area contributed by atoms with Crippen molar-refractivity contribution in [1.82, 2.24) is 0 Å². The first-order valence-corrected chi connectivity index (χ1v) is 7.94. The van der Waals surface area contributed by atoms with Gasteiger partial charge in [0.1, 0.15) is 0 Å². The zero-order chi connectivity index (χ0) is 12.3. The Hall–Kier alpha value is -0.110. The molecule has 0 N–H and O–H groups in total. The summed E-state index contributed by atoms with van der Waals surface area (Å²) in [5, 5.41) is 0. The van der Waals surface area contributed by atoms with Crippen molar-refractivity contribution in [3.05, 3.63) is 12.2 Å². The Balaban J connectivity index is 3.87. The minimum absolute atomic E-state index is 0.390. The van der Waals surface area contributed by atoms with Crippen LogP contribution in [0.25, 0.3) is 0 Å². The molecule has 0 aliphatic carbocycles. The lowest BCUT2D eigenvalue weighted by molar-refractivity contribution is 0.222. The fourth-order valence-corrected chi connectivity index (χ4v) is 2.85. The lowest BCUT2D eigenvalue weighted by Gasteiger charge is -2.14. The largest absolute Gasteiger partial charge is 0.334 e. The van der Waals surface area contributed by atoms with E-state index < -0.39 is 7.60 Å². The van der Waals surface area contributed by atoms with Gasteiger partial charge in [-0.1, -0.05) is 31.9 Å². The van der Waals surface area contributed by atoms with Crippen molar-refractivity contribution in [2.45, 2.75) is 46.5 Å². The zero-order valence-electron chi connectivity index (χ0n) is 10.8. The van der Waals surface area contributed by atoms with E-state index in [1.807, 2.05) is 19.9 Å². The topological polar surface area (TPSA) is 35.5 Å². The number of allylic oxidation sites excluding steroid dienone is 2. The van der Waals surface area contributed by atoms with Crippen LogP contribution in [-0.2, 0) is 13.6 Å². The summed E-state index contributed by atoms with van der Waals surface area (Å²) < 4.78 is 22.4. The molecule has 0 saturated heterocycles. The molecule has 0 radical (unpaired) electrons. The second-order valence-electron chi connectivity index (χ2n) is 3.60. The quantitative estimate of drug-likeness (QED) is 0.327. The first-order valence-electron chi connectivity index (χ1n) is 6.21. The lowest BCUT2D eigenvalue weighted by Crippen LogP contribution is -1.98. The van der Waals surface area contributed by atoms with E-state index in [9.17, 15) is 4.57 Å². The van der Waals surface area contributed by atoms with Gasteiger partial charge in [0.25, 0.3) is 0 Å². The van der Waals surface area contributed by atoms with Crippen LogP contribution >= 0.6 is 7.60 Å². The monoisotopic (exact) mass is 248 g/mol. The highest BCUT2D eigenvalue weighted by Gasteiger charge is 2.20. The van der Waals surface area contributed by atoms with Crippen molar-refractivity contribution in [3.8, 4) is 0 Å². The van der Waals surface area contributed by atoms with E-state index in [0.29, 0.717) is 19.4 Å². The van der Waals surface area contributed by atoms with Crippen molar-refractivity contribution in [3.63, 3.8) is 0 Å². The molecule has 0 aliphatic rings. The van der Waals surface area contributed by atoms with Crippen LogP contribution < -0.4 is 0 Å². The lowest BCUT2D eigenvalue weighted by atomic mass is 10.2. The third-order valence-corrected chi connectivity index (χ3v) is 4.08. The Labute approximate surface area is 99.8 Å². The summed E-state index contributed by atoms with van der Waals surface area (Å²) in [6.07, 6.45) is 9.10. The van der Waals surface area contributed by atoms with Gasteiger partial charge < -0.3 is 9.05 Å². The molecule has 3 nitrogen and oxygen atoms in total. The first kappa shape index (κ1) is 15.9. The smallest absolute Gasteiger partial charge is 0.309 e. The Kier molecular flexibility index (Phi) is 10.0. The van der Waals surface area contributed by atoms with Crippen LogP contribution in [0.5, 0.6) is 0 Å². The molecule has 0 unspecified atom stereocenters. The molecule has 0 amide bonds. The number of hydrogen-bond donors (Lipinski definition) is 0. The zero-order valence-corrected chi connectivity index (χ0v) is 11.7. The van der Waals surface area contributed by atoms with Crippen LogP contribution in [0.1, 0.15) is 46.5 Å². The molecule has 0 fully saturated rings. The summed E-state index contributed by atoms with van der Waals surface area (Å²) in [6.45, 7) is 6.71. The molecule has 0 aromatic rings. The van der Waals surface area contributed by atoms with Gasteiger partial charge in [-0.05, 0) is 26.7 Å². The van der Waals surface area contributed by atoms with E-state index in [-0.39, 0.29) is 0 Å². The van der Waals surface area contributed by atoms with Crippen molar-refractivity contribution < 1.29 is 13.6 Å². The van der Waals surface area contributed by atoms with Crippen LogP contribution in [0.15, 0.2) is 12.2 Å². The van der Waals surface area contributed by atoms with Crippen molar-refractivity contribution >= 4 is 7.60 Å². The van der Waals surface area contributed by atoms with Gasteiger partial charge in [0, 0.05) is 0 Å². The second kappa shape index (κ2) is 10.1. The van der Waals surface area contributed by atoms with Crippen LogP contribution in [0.2, 0.25) is 0 Å². The molecule has 4 heteroatoms. The molecule has 0 aromatic heterocycles. The van der Waals surface area contributed by atoms with E-state index in [0.717, 1.165) is 6.42 Å². The predicted octanol–water partition coefficient (Wildman–Crippen LogP) is 4.39. The van der Waals surface area contributed by atoms with Crippen LogP contribution in [-0.4, -0.2) is 19.4 Å². The van der Waals surface area contributed by atoms with Gasteiger partial charge in [-0.25, -0.2) is 0 Å². The molecule has 0 bridgehead atoms. The van der Waals surface area contributed by atoms with E-state index in [1.165, 1.54) is 19.3 Å². The summed E-state index contributed by atoms with van der Waals surface area (Å²) in [5.41, 5.74) is 0. The highest BCUT2D eigenvalue weighted by Crippen LogP contribution is 2.47. The molecule has 0 heterocycles. The maximum absolute atomic E-state index is 12.0. The average Bonchev–Trinajstić information content (AvgIpc) is 2.24. The van der Waals surface area contributed by atoms with E-state index in [4.69, 9.17) is 9.05 Å². The summed E-state index contributed by atoms with van der Waals surface area (Å²) in [6, 6.07) is 0. The first-order chi connectivity index (χ1) is 7.68. The summed E-state index contributed by atoms with van der Waals surface area (Å²) in [7, 11) is -2.86. The Morgan fingerprint density at radius 1 is 1.00 bits per heavy atom. The standard InChI is InChI=1S/C12H25O3P/c1-4-7-8-9-10-11-12-16(13,14-5-2)15-6-3/h10-11H,4-9,12H2,1-3H3/b11-10-. The Morgan fingerprint density at radius 2 is 1.62 bits per heavy atom. The van der Waals surface area contributed by atoms with Crippen molar-refractivity contribution in [2.24, 2.45) is 0 Å². The molecular weight excluding hydrogens is 223 g/mol. The van der Waals surface area contributed by atoms with Gasteiger partial charge in [0.15, 0.2) is 0 Å². The SMILES string of the molecule is CCCCC/C=C\CP(=O)(OCC)OCC. The molecular formula is C12H25O3P. The molecule has 0 aliphatic heterocycles. The maximum Gasteiger partial charge on any atom is 0.334 e. The van der Waals surface area contributed by atoms with Gasteiger partial charge in [0.2, 0.25) is 0 Å². The fourth-order valence-electron chi connectivity index (χ4n) is 1.37. The number of rotatable bonds is 10. The molecule has 16 heavy (non-hydrogen) atoms. The molecule has 0 aromatic carbocycles. The highest BCUT2D eigenvalue weighted by molar-refractivity contribution is 7.54. The van der Waals surface area contributed by atoms with Crippen LogP contribution in [0.3, 0.4) is 0 Å². The Bertz CT molecular complexity index is 216. The molecule has 0 rings (SSSR count). The average molecular weight is 248 g/mol. The highest BCUT2D eigenvalue weighted by atomic mass is 31.2. The maximum atomic E-state index is 12.0. The van der Waals surface area contributed by atoms with Crippen LogP contribution in [0.4, 0.5) is 0 Å². The van der Waals surface area contributed by atoms with Gasteiger partial charge in [-0.3, -0.25) is 4.57 Å². The van der Waals surface area contributed by atoms with Crippen molar-refractivity contribution in [1.29, 1.82) is 0 Å². The molecule has 0 spiro atoms. The predicted molar refractivity (Wildman–Crippen MR) is 69.0 cm³/mol. The summed E-state index contributed by atoms with van der Waals surface area (Å²) in [5.74, 6) is 0. The van der Waals surface area contributed by atoms with E-state index >= 15 is 0 Å². The second-order valence-corrected chi connectivity index (χ2v) is 5.70. The van der Waals surface area contributed by atoms with E-state index in [1.54, 1.807) is 0 Å². The van der Waals surface area contributed by atoms with Gasteiger partial charge in [-0.2, -0.15) is 0 Å². The van der Waals surface area contributed by atoms with Gasteiger partial charge >= 0.3 is 7.60 Å². The number of unbranched alkanes of at least 4 members (excludes halogenated alkanes) is 3. The Morgan fingerprint density at radius 3 is 2.12 bits per heavy atom. The van der Waals surface area contributed by atoms with E-state index in [2.05, 4.69) is 13.0 Å². The van der Waals surface area contributed by atoms with Crippen molar-refractivity contribution in [2.75, 3.05) is 19.4 Å². The number of hydrogen-bond acceptors (Lipinski definition) is 3. The summed E-state index contributed by atoms with van der Waals surface area (Å²) >= 11 is 0. The van der Waals surface area contributed by atoms with Gasteiger partial charge in [-0.15, -0.1) is 0 Å². The van der Waals surface area contributed by atoms with Gasteiger partial charge in [0.05, 0.1) is 19.4 Å². The minimum atomic E-state index is -2.86. The normalized spacial score (nSPS) is 12.4. The third kappa shape index (κ3) is 8.09. The van der Waals surface area contributed by atoms with Crippen LogP contribution in [0, 0.1) is 0 Å². The summed E-state index contributed by atoms with van der Waals surface area (Å²) in [4.78, 5) is 0. The fraction of sp³-hybridized carbons (Fsp3) is 0.833. The minimum Gasteiger partial charge on any atom is -0.309 e. The third-order valence-electron chi connectivity index (χ3n) is 2.12. The molecule has 0 saturated carbocycles. The molecule has 96 valence electrons. The molecule has 0 atom stereocenters.